The molecule has 0 radical (unpaired) electrons. The van der Waals surface area contributed by atoms with Crippen molar-refractivity contribution in [3.05, 3.63) is 23.7 Å². The third kappa shape index (κ3) is 5.96. The molecule has 19 heavy (non-hydrogen) atoms. The van der Waals surface area contributed by atoms with Crippen molar-refractivity contribution in [3.63, 3.8) is 0 Å². The molecule has 0 aliphatic heterocycles. The standard InChI is InChI=1S/C11H13F2NO5/c12-9(13)6-18-4-3-10(15)14-5-7-1-2-8(19-7)11(16)17/h1-2,9H,3-6H2,(H,14,15)(H,16,17). The summed E-state index contributed by atoms with van der Waals surface area (Å²) in [5.41, 5.74) is 0. The van der Waals surface area contributed by atoms with Crippen molar-refractivity contribution < 1.29 is 32.6 Å². The van der Waals surface area contributed by atoms with Gasteiger partial charge in [-0.1, -0.05) is 0 Å². The maximum atomic E-state index is 11.7. The van der Waals surface area contributed by atoms with Gasteiger partial charge in [-0.15, -0.1) is 0 Å². The van der Waals surface area contributed by atoms with Crippen LogP contribution in [0.2, 0.25) is 0 Å². The molecule has 0 fully saturated rings. The molecule has 106 valence electrons. The zero-order valence-electron chi connectivity index (χ0n) is 9.90. The lowest BCUT2D eigenvalue weighted by Crippen LogP contribution is -2.24. The summed E-state index contributed by atoms with van der Waals surface area (Å²) in [5, 5.41) is 11.1. The summed E-state index contributed by atoms with van der Waals surface area (Å²) in [7, 11) is 0. The fourth-order valence-electron chi connectivity index (χ4n) is 1.20. The van der Waals surface area contributed by atoms with Crippen molar-refractivity contribution in [2.24, 2.45) is 0 Å². The Morgan fingerprint density at radius 2 is 2.16 bits per heavy atom. The van der Waals surface area contributed by atoms with Crippen LogP contribution in [0.5, 0.6) is 0 Å². The molecule has 0 spiro atoms. The van der Waals surface area contributed by atoms with E-state index in [1.165, 1.54) is 12.1 Å². The Morgan fingerprint density at radius 3 is 2.74 bits per heavy atom. The second kappa shape index (κ2) is 7.47. The van der Waals surface area contributed by atoms with Gasteiger partial charge in [0.15, 0.2) is 0 Å². The number of rotatable bonds is 8. The molecule has 0 saturated heterocycles. The Kier molecular flexibility index (Phi) is 5.94. The zero-order chi connectivity index (χ0) is 14.3. The minimum atomic E-state index is -2.55. The van der Waals surface area contributed by atoms with Crippen LogP contribution in [0.4, 0.5) is 8.78 Å². The van der Waals surface area contributed by atoms with Crippen molar-refractivity contribution in [3.8, 4) is 0 Å². The largest absolute Gasteiger partial charge is 0.475 e. The van der Waals surface area contributed by atoms with Crippen LogP contribution in [0, 0.1) is 0 Å². The number of halogens is 2. The lowest BCUT2D eigenvalue weighted by atomic mass is 10.4. The molecule has 0 bridgehead atoms. The molecule has 1 aromatic rings. The molecule has 6 nitrogen and oxygen atoms in total. The molecule has 8 heteroatoms. The SMILES string of the molecule is O=C(CCOCC(F)F)NCc1ccc(C(=O)O)o1. The zero-order valence-corrected chi connectivity index (χ0v) is 9.90. The Balaban J connectivity index is 2.20. The second-order valence-corrected chi connectivity index (χ2v) is 3.56. The van der Waals surface area contributed by atoms with Crippen LogP contribution in [0.15, 0.2) is 16.5 Å². The highest BCUT2D eigenvalue weighted by molar-refractivity contribution is 5.84. The molecular formula is C11H13F2NO5. The number of nitrogens with one attached hydrogen (secondary N) is 1. The predicted octanol–water partition coefficient (Wildman–Crippen LogP) is 1.27. The van der Waals surface area contributed by atoms with E-state index in [1.54, 1.807) is 0 Å². The predicted molar refractivity (Wildman–Crippen MR) is 59.0 cm³/mol. The molecule has 0 saturated carbocycles. The van der Waals surface area contributed by atoms with Gasteiger partial charge in [0, 0.05) is 6.42 Å². The van der Waals surface area contributed by atoms with Gasteiger partial charge in [0.25, 0.3) is 6.43 Å². The fourth-order valence-corrected chi connectivity index (χ4v) is 1.20. The van der Waals surface area contributed by atoms with Gasteiger partial charge >= 0.3 is 5.97 Å². The van der Waals surface area contributed by atoms with E-state index in [0.717, 1.165) is 0 Å². The van der Waals surface area contributed by atoms with Crippen LogP contribution < -0.4 is 5.32 Å². The van der Waals surface area contributed by atoms with Gasteiger partial charge < -0.3 is 19.6 Å². The van der Waals surface area contributed by atoms with Crippen molar-refractivity contribution in [1.29, 1.82) is 0 Å². The average Bonchev–Trinajstić information content (AvgIpc) is 2.81. The second-order valence-electron chi connectivity index (χ2n) is 3.56. The molecular weight excluding hydrogens is 264 g/mol. The van der Waals surface area contributed by atoms with Crippen LogP contribution in [-0.2, 0) is 16.1 Å². The Morgan fingerprint density at radius 1 is 1.42 bits per heavy atom. The smallest absolute Gasteiger partial charge is 0.371 e. The third-order valence-electron chi connectivity index (χ3n) is 2.05. The summed E-state index contributed by atoms with van der Waals surface area (Å²) in [6, 6.07) is 2.70. The highest BCUT2D eigenvalue weighted by Crippen LogP contribution is 2.07. The van der Waals surface area contributed by atoms with E-state index in [0.29, 0.717) is 5.76 Å². The summed E-state index contributed by atoms with van der Waals surface area (Å²) in [6.07, 6.45) is -2.61. The molecule has 1 heterocycles. The number of hydrogen-bond acceptors (Lipinski definition) is 4. The number of carbonyl (C=O) groups excluding carboxylic acids is 1. The van der Waals surface area contributed by atoms with Gasteiger partial charge in [-0.05, 0) is 12.1 Å². The van der Waals surface area contributed by atoms with E-state index in [1.807, 2.05) is 0 Å². The normalized spacial score (nSPS) is 10.7. The first-order chi connectivity index (χ1) is 8.99. The van der Waals surface area contributed by atoms with Gasteiger partial charge in [-0.25, -0.2) is 13.6 Å². The van der Waals surface area contributed by atoms with Crippen LogP contribution in [0.3, 0.4) is 0 Å². The first-order valence-corrected chi connectivity index (χ1v) is 5.43. The number of hydrogen-bond donors (Lipinski definition) is 2. The molecule has 0 aromatic carbocycles. The van der Waals surface area contributed by atoms with Gasteiger partial charge in [0.05, 0.1) is 13.2 Å². The third-order valence-corrected chi connectivity index (χ3v) is 2.05. The topological polar surface area (TPSA) is 88.8 Å². The quantitative estimate of drug-likeness (QED) is 0.698. The summed E-state index contributed by atoms with van der Waals surface area (Å²) in [4.78, 5) is 21.8. The molecule has 2 N–H and O–H groups in total. The van der Waals surface area contributed by atoms with Crippen LogP contribution in [0.25, 0.3) is 0 Å². The lowest BCUT2D eigenvalue weighted by Gasteiger charge is -2.04. The number of alkyl halides is 2. The van der Waals surface area contributed by atoms with Gasteiger partial charge in [-0.2, -0.15) is 0 Å². The Bertz CT molecular complexity index is 432. The molecule has 1 aromatic heterocycles. The van der Waals surface area contributed by atoms with E-state index in [9.17, 15) is 18.4 Å². The number of carboxylic acid groups (broad SMARTS) is 1. The minimum Gasteiger partial charge on any atom is -0.475 e. The summed E-state index contributed by atoms with van der Waals surface area (Å²) in [6.45, 7) is -0.775. The summed E-state index contributed by atoms with van der Waals surface area (Å²) >= 11 is 0. The van der Waals surface area contributed by atoms with E-state index >= 15 is 0 Å². The van der Waals surface area contributed by atoms with Crippen LogP contribution >= 0.6 is 0 Å². The Hall–Kier alpha value is -1.96. The van der Waals surface area contributed by atoms with Crippen molar-refractivity contribution in [2.45, 2.75) is 19.4 Å². The number of carboxylic acids is 1. The maximum Gasteiger partial charge on any atom is 0.371 e. The first kappa shape index (κ1) is 15.1. The van der Waals surface area contributed by atoms with Crippen molar-refractivity contribution >= 4 is 11.9 Å². The van der Waals surface area contributed by atoms with Crippen LogP contribution in [-0.4, -0.2) is 36.6 Å². The highest BCUT2D eigenvalue weighted by atomic mass is 19.3. The molecule has 0 aliphatic carbocycles. The van der Waals surface area contributed by atoms with E-state index in [-0.39, 0.29) is 25.3 Å². The first-order valence-electron chi connectivity index (χ1n) is 5.43. The molecule has 1 rings (SSSR count). The fraction of sp³-hybridized carbons (Fsp3) is 0.455. The molecule has 1 amide bonds. The molecule has 0 aliphatic rings. The Labute approximate surface area is 107 Å². The maximum absolute atomic E-state index is 11.7. The number of amides is 1. The van der Waals surface area contributed by atoms with Gasteiger partial charge in [0.1, 0.15) is 12.4 Å². The van der Waals surface area contributed by atoms with Gasteiger partial charge in [-0.3, -0.25) is 4.79 Å². The van der Waals surface area contributed by atoms with Crippen molar-refractivity contribution in [2.75, 3.05) is 13.2 Å². The van der Waals surface area contributed by atoms with E-state index in [4.69, 9.17) is 9.52 Å². The summed E-state index contributed by atoms with van der Waals surface area (Å²) < 4.78 is 32.9. The molecule has 0 atom stereocenters. The lowest BCUT2D eigenvalue weighted by molar-refractivity contribution is -0.122. The van der Waals surface area contributed by atoms with E-state index < -0.39 is 24.9 Å². The number of furan rings is 1. The number of ether oxygens (including phenoxy) is 1. The highest BCUT2D eigenvalue weighted by Gasteiger charge is 2.10. The van der Waals surface area contributed by atoms with E-state index in [2.05, 4.69) is 10.1 Å². The summed E-state index contributed by atoms with van der Waals surface area (Å²) in [5.74, 6) is -1.52. The van der Waals surface area contributed by atoms with Crippen molar-refractivity contribution in [1.82, 2.24) is 5.32 Å². The average molecular weight is 277 g/mol. The monoisotopic (exact) mass is 277 g/mol. The van der Waals surface area contributed by atoms with Crippen LogP contribution in [0.1, 0.15) is 22.7 Å². The minimum absolute atomic E-state index is 0.0287. The number of aromatic carboxylic acids is 1. The molecule has 0 unspecified atom stereocenters. The number of carbonyl (C=O) groups is 2. The van der Waals surface area contributed by atoms with Gasteiger partial charge in [0.2, 0.25) is 11.7 Å².